The second-order valence-electron chi connectivity index (χ2n) is 3.74. The van der Waals surface area contributed by atoms with E-state index in [1.165, 1.54) is 6.92 Å². The molecule has 0 aliphatic rings. The van der Waals surface area contributed by atoms with Gasteiger partial charge in [0.05, 0.1) is 12.4 Å². The van der Waals surface area contributed by atoms with Crippen LogP contribution in [0.15, 0.2) is 0 Å². The van der Waals surface area contributed by atoms with Gasteiger partial charge < -0.3 is 4.74 Å². The Morgan fingerprint density at radius 2 is 1.80 bits per heavy atom. The first-order chi connectivity index (χ1) is 6.85. The molecule has 0 aromatic carbocycles. The third-order valence-electron chi connectivity index (χ3n) is 2.37. The van der Waals surface area contributed by atoms with Gasteiger partial charge in [0.1, 0.15) is 0 Å². The summed E-state index contributed by atoms with van der Waals surface area (Å²) in [5, 5.41) is -1.05. The smallest absolute Gasteiger partial charge is 0.324 e. The SMILES string of the molecule is CCOC(=O)C(C)S(=O)(=O)CC(C)CC. The standard InChI is InChI=1S/C10H20O4S/c1-5-8(3)7-15(12,13)9(4)10(11)14-6-2/h8-9H,5-7H2,1-4H3. The van der Waals surface area contributed by atoms with E-state index in [0.717, 1.165) is 6.42 Å². The summed E-state index contributed by atoms with van der Waals surface area (Å²) in [6, 6.07) is 0. The van der Waals surface area contributed by atoms with E-state index in [2.05, 4.69) is 4.74 Å². The lowest BCUT2D eigenvalue weighted by molar-refractivity contribution is -0.142. The molecule has 0 rings (SSSR count). The summed E-state index contributed by atoms with van der Waals surface area (Å²) in [6.45, 7) is 7.04. The Kier molecular flexibility index (Phi) is 5.87. The average molecular weight is 236 g/mol. The van der Waals surface area contributed by atoms with Crippen LogP contribution in [0.3, 0.4) is 0 Å². The van der Waals surface area contributed by atoms with Crippen molar-refractivity contribution in [2.24, 2.45) is 5.92 Å². The highest BCUT2D eigenvalue weighted by atomic mass is 32.2. The van der Waals surface area contributed by atoms with Gasteiger partial charge in [-0.1, -0.05) is 20.3 Å². The van der Waals surface area contributed by atoms with Crippen molar-refractivity contribution >= 4 is 15.8 Å². The van der Waals surface area contributed by atoms with Crippen molar-refractivity contribution in [3.05, 3.63) is 0 Å². The van der Waals surface area contributed by atoms with Gasteiger partial charge in [-0.2, -0.15) is 0 Å². The molecule has 0 amide bonds. The lowest BCUT2D eigenvalue weighted by Crippen LogP contribution is -2.32. The fraction of sp³-hybridized carbons (Fsp3) is 0.900. The molecule has 0 aromatic rings. The largest absolute Gasteiger partial charge is 0.465 e. The first-order valence-electron chi connectivity index (χ1n) is 5.23. The Morgan fingerprint density at radius 3 is 2.20 bits per heavy atom. The van der Waals surface area contributed by atoms with Crippen LogP contribution in [0.1, 0.15) is 34.1 Å². The number of sulfone groups is 1. The van der Waals surface area contributed by atoms with Crippen molar-refractivity contribution in [3.8, 4) is 0 Å². The van der Waals surface area contributed by atoms with E-state index >= 15 is 0 Å². The molecule has 2 atom stereocenters. The highest BCUT2D eigenvalue weighted by Gasteiger charge is 2.30. The molecule has 0 fully saturated rings. The molecule has 2 unspecified atom stereocenters. The lowest BCUT2D eigenvalue weighted by atomic mass is 10.2. The summed E-state index contributed by atoms with van der Waals surface area (Å²) in [4.78, 5) is 11.3. The van der Waals surface area contributed by atoms with Gasteiger partial charge in [-0.15, -0.1) is 0 Å². The average Bonchev–Trinajstić information content (AvgIpc) is 2.16. The number of esters is 1. The minimum Gasteiger partial charge on any atom is -0.465 e. The Balaban J connectivity index is 4.52. The summed E-state index contributed by atoms with van der Waals surface area (Å²) >= 11 is 0. The van der Waals surface area contributed by atoms with Crippen LogP contribution in [0.25, 0.3) is 0 Å². The van der Waals surface area contributed by atoms with E-state index in [-0.39, 0.29) is 18.3 Å². The fourth-order valence-corrected chi connectivity index (χ4v) is 2.74. The van der Waals surface area contributed by atoms with Crippen LogP contribution in [0.4, 0.5) is 0 Å². The highest BCUT2D eigenvalue weighted by molar-refractivity contribution is 7.92. The molecule has 0 aliphatic carbocycles. The van der Waals surface area contributed by atoms with Crippen LogP contribution in [-0.2, 0) is 19.4 Å². The molecule has 0 aliphatic heterocycles. The molecule has 90 valence electrons. The predicted molar refractivity (Wildman–Crippen MR) is 59.3 cm³/mol. The molecule has 0 saturated heterocycles. The molecular weight excluding hydrogens is 216 g/mol. The summed E-state index contributed by atoms with van der Waals surface area (Å²) in [5.74, 6) is -0.531. The topological polar surface area (TPSA) is 60.4 Å². The molecule has 5 heteroatoms. The predicted octanol–water partition coefficient (Wildman–Crippen LogP) is 1.40. The quantitative estimate of drug-likeness (QED) is 0.654. The number of rotatable bonds is 6. The fourth-order valence-electron chi connectivity index (χ4n) is 1.06. The highest BCUT2D eigenvalue weighted by Crippen LogP contribution is 2.11. The maximum absolute atomic E-state index is 11.7. The zero-order valence-corrected chi connectivity index (χ0v) is 10.6. The molecule has 0 aromatic heterocycles. The van der Waals surface area contributed by atoms with E-state index in [9.17, 15) is 13.2 Å². The van der Waals surface area contributed by atoms with Gasteiger partial charge in [0, 0.05) is 0 Å². The maximum atomic E-state index is 11.7. The van der Waals surface area contributed by atoms with Crippen LogP contribution in [0, 0.1) is 5.92 Å². The first-order valence-corrected chi connectivity index (χ1v) is 6.94. The van der Waals surface area contributed by atoms with Crippen LogP contribution >= 0.6 is 0 Å². The molecule has 0 saturated carbocycles. The van der Waals surface area contributed by atoms with Gasteiger partial charge in [0.15, 0.2) is 15.1 Å². The van der Waals surface area contributed by atoms with Crippen LogP contribution in [-0.4, -0.2) is 32.0 Å². The molecule has 0 N–H and O–H groups in total. The Morgan fingerprint density at radius 1 is 1.27 bits per heavy atom. The van der Waals surface area contributed by atoms with Gasteiger partial charge in [0.2, 0.25) is 0 Å². The third kappa shape index (κ3) is 4.64. The third-order valence-corrected chi connectivity index (χ3v) is 4.67. The lowest BCUT2D eigenvalue weighted by Gasteiger charge is -2.14. The number of hydrogen-bond donors (Lipinski definition) is 0. The van der Waals surface area contributed by atoms with E-state index < -0.39 is 21.1 Å². The second kappa shape index (κ2) is 6.10. The van der Waals surface area contributed by atoms with Crippen LogP contribution in [0.5, 0.6) is 0 Å². The molecule has 0 spiro atoms. The zero-order chi connectivity index (χ0) is 12.1. The van der Waals surface area contributed by atoms with Gasteiger partial charge >= 0.3 is 5.97 Å². The monoisotopic (exact) mass is 236 g/mol. The number of ether oxygens (including phenoxy) is 1. The number of carbonyl (C=O) groups excluding carboxylic acids is 1. The van der Waals surface area contributed by atoms with Crippen molar-refractivity contribution in [1.82, 2.24) is 0 Å². The van der Waals surface area contributed by atoms with Crippen molar-refractivity contribution in [2.75, 3.05) is 12.4 Å². The van der Waals surface area contributed by atoms with Gasteiger partial charge in [0.25, 0.3) is 0 Å². The number of hydrogen-bond acceptors (Lipinski definition) is 4. The van der Waals surface area contributed by atoms with Gasteiger partial charge in [-0.3, -0.25) is 4.79 Å². The normalized spacial score (nSPS) is 15.7. The van der Waals surface area contributed by atoms with Gasteiger partial charge in [-0.05, 0) is 19.8 Å². The van der Waals surface area contributed by atoms with Crippen molar-refractivity contribution < 1.29 is 17.9 Å². The summed E-state index contributed by atoms with van der Waals surface area (Å²) in [6.07, 6.45) is 0.786. The van der Waals surface area contributed by atoms with Crippen molar-refractivity contribution in [1.29, 1.82) is 0 Å². The minimum atomic E-state index is -3.37. The zero-order valence-electron chi connectivity index (χ0n) is 9.82. The van der Waals surface area contributed by atoms with E-state index in [4.69, 9.17) is 0 Å². The summed E-state index contributed by atoms with van der Waals surface area (Å²) in [7, 11) is -3.37. The Hall–Kier alpha value is -0.580. The number of carbonyl (C=O) groups is 1. The van der Waals surface area contributed by atoms with Crippen LogP contribution in [0.2, 0.25) is 0 Å². The molecule has 0 heterocycles. The Bertz CT molecular complexity index is 295. The Labute approximate surface area is 91.9 Å². The van der Waals surface area contributed by atoms with Crippen molar-refractivity contribution in [3.63, 3.8) is 0 Å². The van der Waals surface area contributed by atoms with Gasteiger partial charge in [-0.25, -0.2) is 8.42 Å². The minimum absolute atomic E-state index is 0.0451. The van der Waals surface area contributed by atoms with Crippen LogP contribution < -0.4 is 0 Å². The molecular formula is C10H20O4S. The molecule has 0 bridgehead atoms. The second-order valence-corrected chi connectivity index (χ2v) is 6.10. The first kappa shape index (κ1) is 14.4. The summed E-state index contributed by atoms with van der Waals surface area (Å²) in [5.41, 5.74) is 0. The molecule has 4 nitrogen and oxygen atoms in total. The molecule has 0 radical (unpaired) electrons. The summed E-state index contributed by atoms with van der Waals surface area (Å²) < 4.78 is 28.1. The maximum Gasteiger partial charge on any atom is 0.324 e. The van der Waals surface area contributed by atoms with E-state index in [1.54, 1.807) is 6.92 Å². The van der Waals surface area contributed by atoms with Crippen molar-refractivity contribution in [2.45, 2.75) is 39.4 Å². The molecule has 15 heavy (non-hydrogen) atoms. The van der Waals surface area contributed by atoms with E-state index in [0.29, 0.717) is 0 Å². The van der Waals surface area contributed by atoms with E-state index in [1.807, 2.05) is 13.8 Å².